The van der Waals surface area contributed by atoms with Crippen molar-refractivity contribution in [1.82, 2.24) is 15.2 Å². The van der Waals surface area contributed by atoms with Gasteiger partial charge in [-0.25, -0.2) is 0 Å². The van der Waals surface area contributed by atoms with Crippen LogP contribution in [0.2, 0.25) is 0 Å². The van der Waals surface area contributed by atoms with Crippen LogP contribution < -0.4 is 10.9 Å². The zero-order valence-corrected chi connectivity index (χ0v) is 13.2. The lowest BCUT2D eigenvalue weighted by Crippen LogP contribution is -2.47. The van der Waals surface area contributed by atoms with E-state index in [0.29, 0.717) is 31.5 Å². The predicted octanol–water partition coefficient (Wildman–Crippen LogP) is 1.41. The maximum absolute atomic E-state index is 12.4. The van der Waals surface area contributed by atoms with Gasteiger partial charge in [-0.3, -0.25) is 14.4 Å². The lowest BCUT2D eigenvalue weighted by molar-refractivity contribution is 0.0696. The molecule has 1 aliphatic heterocycles. The van der Waals surface area contributed by atoms with Gasteiger partial charge in [-0.1, -0.05) is 18.2 Å². The summed E-state index contributed by atoms with van der Waals surface area (Å²) in [5.41, 5.74) is 0.415. The van der Waals surface area contributed by atoms with E-state index in [1.807, 2.05) is 18.2 Å². The first-order valence-corrected chi connectivity index (χ1v) is 7.98. The standard InChI is InChI=1S/C18H19N3O3/c22-16(13-5-2-1-3-6-13)20-14-8-11-21(12-9-14)18(24)15-7-4-10-19-17(15)23/h1-7,10,14H,8-9,11-12H2,(H,19,23)(H,20,22). The molecule has 0 spiro atoms. The van der Waals surface area contributed by atoms with Gasteiger partial charge in [0.2, 0.25) is 0 Å². The molecule has 2 heterocycles. The van der Waals surface area contributed by atoms with Crippen LogP contribution in [0.5, 0.6) is 0 Å². The number of nitrogens with one attached hydrogen (secondary N) is 2. The number of hydrogen-bond donors (Lipinski definition) is 2. The number of rotatable bonds is 3. The Hall–Kier alpha value is -2.89. The molecule has 0 radical (unpaired) electrons. The highest BCUT2D eigenvalue weighted by molar-refractivity contribution is 5.95. The summed E-state index contributed by atoms with van der Waals surface area (Å²) in [4.78, 5) is 40.4. The molecule has 0 aliphatic carbocycles. The van der Waals surface area contributed by atoms with Crippen LogP contribution >= 0.6 is 0 Å². The molecule has 1 aromatic carbocycles. The predicted molar refractivity (Wildman–Crippen MR) is 89.9 cm³/mol. The number of carbonyl (C=O) groups is 2. The molecular formula is C18H19N3O3. The van der Waals surface area contributed by atoms with E-state index in [1.54, 1.807) is 23.1 Å². The van der Waals surface area contributed by atoms with Gasteiger partial charge >= 0.3 is 0 Å². The minimum atomic E-state index is -0.373. The van der Waals surface area contributed by atoms with Gasteiger partial charge in [-0.05, 0) is 37.1 Å². The summed E-state index contributed by atoms with van der Waals surface area (Å²) in [5, 5.41) is 3.00. The van der Waals surface area contributed by atoms with Crippen molar-refractivity contribution < 1.29 is 9.59 Å². The Morgan fingerprint density at radius 1 is 1.04 bits per heavy atom. The van der Waals surface area contributed by atoms with Crippen molar-refractivity contribution in [2.45, 2.75) is 18.9 Å². The average Bonchev–Trinajstić information content (AvgIpc) is 2.63. The molecule has 1 aromatic heterocycles. The average molecular weight is 325 g/mol. The van der Waals surface area contributed by atoms with Gasteiger partial charge in [0.15, 0.2) is 0 Å². The summed E-state index contributed by atoms with van der Waals surface area (Å²) in [6, 6.07) is 12.3. The third-order valence-electron chi connectivity index (χ3n) is 4.20. The van der Waals surface area contributed by atoms with Crippen molar-refractivity contribution in [3.63, 3.8) is 0 Å². The van der Waals surface area contributed by atoms with Gasteiger partial charge in [0.25, 0.3) is 17.4 Å². The van der Waals surface area contributed by atoms with E-state index in [2.05, 4.69) is 10.3 Å². The molecule has 24 heavy (non-hydrogen) atoms. The van der Waals surface area contributed by atoms with Crippen molar-refractivity contribution in [1.29, 1.82) is 0 Å². The fraction of sp³-hybridized carbons (Fsp3) is 0.278. The number of pyridine rings is 1. The molecule has 0 atom stereocenters. The van der Waals surface area contributed by atoms with Crippen LogP contribution in [0.1, 0.15) is 33.6 Å². The van der Waals surface area contributed by atoms with Gasteiger partial charge in [-0.15, -0.1) is 0 Å². The third-order valence-corrected chi connectivity index (χ3v) is 4.20. The fourth-order valence-corrected chi connectivity index (χ4v) is 2.85. The quantitative estimate of drug-likeness (QED) is 0.895. The van der Waals surface area contributed by atoms with E-state index in [-0.39, 0.29) is 29.0 Å². The van der Waals surface area contributed by atoms with Crippen LogP contribution in [-0.4, -0.2) is 40.8 Å². The van der Waals surface area contributed by atoms with Crippen molar-refractivity contribution in [2.24, 2.45) is 0 Å². The molecule has 6 nitrogen and oxygen atoms in total. The first-order chi connectivity index (χ1) is 11.6. The Morgan fingerprint density at radius 2 is 1.75 bits per heavy atom. The molecule has 2 aromatic rings. The maximum atomic E-state index is 12.4. The molecule has 1 aliphatic rings. The summed E-state index contributed by atoms with van der Waals surface area (Å²) in [5.74, 6) is -0.357. The number of benzene rings is 1. The van der Waals surface area contributed by atoms with Gasteiger partial charge < -0.3 is 15.2 Å². The molecule has 3 rings (SSSR count). The number of likely N-dealkylation sites (tertiary alicyclic amines) is 1. The second-order valence-corrected chi connectivity index (χ2v) is 5.82. The van der Waals surface area contributed by atoms with Crippen LogP contribution in [0, 0.1) is 0 Å². The highest BCUT2D eigenvalue weighted by atomic mass is 16.2. The van der Waals surface area contributed by atoms with E-state index in [1.165, 1.54) is 12.3 Å². The van der Waals surface area contributed by atoms with Gasteiger partial charge in [0.1, 0.15) is 5.56 Å². The number of carbonyl (C=O) groups excluding carboxylic acids is 2. The van der Waals surface area contributed by atoms with Crippen LogP contribution in [0.15, 0.2) is 53.5 Å². The summed E-state index contributed by atoms with van der Waals surface area (Å²) >= 11 is 0. The second-order valence-electron chi connectivity index (χ2n) is 5.82. The monoisotopic (exact) mass is 325 g/mol. The highest BCUT2D eigenvalue weighted by Gasteiger charge is 2.25. The molecule has 0 saturated carbocycles. The number of H-pyrrole nitrogens is 1. The summed E-state index contributed by atoms with van der Waals surface area (Å²) in [6.45, 7) is 1.04. The zero-order chi connectivity index (χ0) is 16.9. The second kappa shape index (κ2) is 7.12. The normalized spacial score (nSPS) is 15.1. The van der Waals surface area contributed by atoms with Crippen LogP contribution in [0.3, 0.4) is 0 Å². The number of amides is 2. The smallest absolute Gasteiger partial charge is 0.260 e. The summed E-state index contributed by atoms with van der Waals surface area (Å²) in [6.07, 6.45) is 2.86. The fourth-order valence-electron chi connectivity index (χ4n) is 2.85. The molecular weight excluding hydrogens is 306 g/mol. The topological polar surface area (TPSA) is 82.3 Å². The van der Waals surface area contributed by atoms with Gasteiger partial charge in [0.05, 0.1) is 0 Å². The Morgan fingerprint density at radius 3 is 2.42 bits per heavy atom. The summed E-state index contributed by atoms with van der Waals surface area (Å²) < 4.78 is 0. The molecule has 2 amide bonds. The molecule has 0 unspecified atom stereocenters. The maximum Gasteiger partial charge on any atom is 0.260 e. The van der Waals surface area contributed by atoms with E-state index >= 15 is 0 Å². The molecule has 6 heteroatoms. The lowest BCUT2D eigenvalue weighted by Gasteiger charge is -2.32. The number of nitrogens with zero attached hydrogens (tertiary/aromatic N) is 1. The SMILES string of the molecule is O=C(NC1CCN(C(=O)c2ccc[nH]c2=O)CC1)c1ccccc1. The Labute approximate surface area is 139 Å². The number of piperidine rings is 1. The Balaban J connectivity index is 1.56. The highest BCUT2D eigenvalue weighted by Crippen LogP contribution is 2.13. The van der Waals surface area contributed by atoms with E-state index in [9.17, 15) is 14.4 Å². The van der Waals surface area contributed by atoms with E-state index in [0.717, 1.165) is 0 Å². The van der Waals surface area contributed by atoms with Crippen LogP contribution in [0.25, 0.3) is 0 Å². The number of aromatic nitrogens is 1. The van der Waals surface area contributed by atoms with Crippen LogP contribution in [-0.2, 0) is 0 Å². The minimum Gasteiger partial charge on any atom is -0.349 e. The molecule has 124 valence electrons. The van der Waals surface area contributed by atoms with Crippen molar-refractivity contribution in [3.8, 4) is 0 Å². The van der Waals surface area contributed by atoms with Crippen LogP contribution in [0.4, 0.5) is 0 Å². The summed E-state index contributed by atoms with van der Waals surface area (Å²) in [7, 11) is 0. The third kappa shape index (κ3) is 3.53. The van der Waals surface area contributed by atoms with Gasteiger partial charge in [-0.2, -0.15) is 0 Å². The Bertz CT molecular complexity index is 777. The molecule has 2 N–H and O–H groups in total. The molecule has 1 saturated heterocycles. The van der Waals surface area contributed by atoms with Crippen molar-refractivity contribution >= 4 is 11.8 Å². The van der Waals surface area contributed by atoms with Gasteiger partial charge in [0, 0.05) is 30.9 Å². The molecule has 1 fully saturated rings. The lowest BCUT2D eigenvalue weighted by atomic mass is 10.0. The van der Waals surface area contributed by atoms with Crippen molar-refractivity contribution in [2.75, 3.05) is 13.1 Å². The Kier molecular flexibility index (Phi) is 4.74. The number of hydrogen-bond acceptors (Lipinski definition) is 3. The first kappa shape index (κ1) is 16.0. The first-order valence-electron chi connectivity index (χ1n) is 7.98. The van der Waals surface area contributed by atoms with Crippen molar-refractivity contribution in [3.05, 3.63) is 70.1 Å². The zero-order valence-electron chi connectivity index (χ0n) is 13.2. The number of aromatic amines is 1. The van der Waals surface area contributed by atoms with E-state index in [4.69, 9.17) is 0 Å². The molecule has 0 bridgehead atoms. The minimum absolute atomic E-state index is 0.0378. The van der Waals surface area contributed by atoms with E-state index < -0.39 is 0 Å². The largest absolute Gasteiger partial charge is 0.349 e.